The monoisotopic (exact) mass is 268 g/mol. The van der Waals surface area contributed by atoms with Crippen LogP contribution in [0.15, 0.2) is 18.2 Å². The summed E-state index contributed by atoms with van der Waals surface area (Å²) in [6.07, 6.45) is 1.04. The number of fused-ring (bicyclic) bond motifs is 1. The third-order valence-corrected chi connectivity index (χ3v) is 3.50. The second-order valence-electron chi connectivity index (χ2n) is 5.07. The van der Waals surface area contributed by atoms with Gasteiger partial charge < -0.3 is 10.6 Å². The largest absolute Gasteiger partial charge is 0.384 e. The van der Waals surface area contributed by atoms with Crippen molar-refractivity contribution in [1.29, 1.82) is 0 Å². The highest BCUT2D eigenvalue weighted by molar-refractivity contribution is 5.92. The van der Waals surface area contributed by atoms with Crippen LogP contribution in [0.5, 0.6) is 0 Å². The van der Waals surface area contributed by atoms with Crippen LogP contribution in [0, 0.1) is 11.8 Å². The zero-order valence-electron chi connectivity index (χ0n) is 11.1. The number of carbonyl (C=O) groups is 1. The number of nitrogens with one attached hydrogen (secondary N) is 2. The van der Waals surface area contributed by atoms with E-state index >= 15 is 0 Å². The Morgan fingerprint density at radius 2 is 2.06 bits per heavy atom. The molecule has 1 heterocycles. The van der Waals surface area contributed by atoms with Gasteiger partial charge in [0.1, 0.15) is 0 Å². The summed E-state index contributed by atoms with van der Waals surface area (Å²) in [5.41, 5.74) is 3.39. The van der Waals surface area contributed by atoms with Crippen LogP contribution in [0.1, 0.15) is 26.3 Å². The highest BCUT2D eigenvalue weighted by Gasteiger charge is 2.17. The SMILES string of the molecule is CC(C)C(C)C(=O)Nc1ccc2c(c1)CCN2.Cl. The molecule has 2 N–H and O–H groups in total. The zero-order valence-corrected chi connectivity index (χ0v) is 11.9. The van der Waals surface area contributed by atoms with E-state index in [0.717, 1.165) is 18.7 Å². The maximum absolute atomic E-state index is 11.9. The highest BCUT2D eigenvalue weighted by Crippen LogP contribution is 2.25. The van der Waals surface area contributed by atoms with Crippen molar-refractivity contribution in [3.63, 3.8) is 0 Å². The van der Waals surface area contributed by atoms with Gasteiger partial charge in [-0.05, 0) is 36.1 Å². The van der Waals surface area contributed by atoms with Crippen LogP contribution in [0.4, 0.5) is 11.4 Å². The summed E-state index contributed by atoms with van der Waals surface area (Å²) in [4.78, 5) is 11.9. The first-order valence-electron chi connectivity index (χ1n) is 6.25. The van der Waals surface area contributed by atoms with Gasteiger partial charge in [-0.2, -0.15) is 0 Å². The van der Waals surface area contributed by atoms with Crippen LogP contribution < -0.4 is 10.6 Å². The topological polar surface area (TPSA) is 41.1 Å². The van der Waals surface area contributed by atoms with Gasteiger partial charge in [0.2, 0.25) is 5.91 Å². The molecule has 100 valence electrons. The van der Waals surface area contributed by atoms with E-state index in [9.17, 15) is 4.79 Å². The van der Waals surface area contributed by atoms with Crippen molar-refractivity contribution in [3.05, 3.63) is 23.8 Å². The Balaban J connectivity index is 0.00000162. The van der Waals surface area contributed by atoms with E-state index < -0.39 is 0 Å². The lowest BCUT2D eigenvalue weighted by atomic mass is 9.97. The Morgan fingerprint density at radius 1 is 1.33 bits per heavy atom. The first kappa shape index (κ1) is 14.8. The fourth-order valence-corrected chi connectivity index (χ4v) is 1.94. The van der Waals surface area contributed by atoms with Gasteiger partial charge in [0, 0.05) is 23.8 Å². The molecule has 0 fully saturated rings. The molecule has 1 amide bonds. The first-order chi connectivity index (χ1) is 8.08. The van der Waals surface area contributed by atoms with Crippen molar-refractivity contribution >= 4 is 29.7 Å². The molecule has 0 radical (unpaired) electrons. The highest BCUT2D eigenvalue weighted by atomic mass is 35.5. The van der Waals surface area contributed by atoms with Crippen molar-refractivity contribution in [3.8, 4) is 0 Å². The smallest absolute Gasteiger partial charge is 0.227 e. The van der Waals surface area contributed by atoms with Gasteiger partial charge in [-0.3, -0.25) is 4.79 Å². The predicted octanol–water partition coefficient (Wildman–Crippen LogP) is 3.31. The standard InChI is InChI=1S/C14H20N2O.ClH/c1-9(2)10(3)14(17)16-12-4-5-13-11(8-12)6-7-15-13;/h4-5,8-10,15H,6-7H2,1-3H3,(H,16,17);1H. The quantitative estimate of drug-likeness (QED) is 0.883. The van der Waals surface area contributed by atoms with Crippen LogP contribution in [0.25, 0.3) is 0 Å². The fraction of sp³-hybridized carbons (Fsp3) is 0.500. The molecule has 0 spiro atoms. The van der Waals surface area contributed by atoms with E-state index in [4.69, 9.17) is 0 Å². The fourth-order valence-electron chi connectivity index (χ4n) is 1.94. The third-order valence-electron chi connectivity index (χ3n) is 3.50. The third kappa shape index (κ3) is 3.16. The number of benzene rings is 1. The molecule has 1 atom stereocenters. The summed E-state index contributed by atoms with van der Waals surface area (Å²) < 4.78 is 0. The molecule has 1 aliphatic rings. The molecular formula is C14H21ClN2O. The van der Waals surface area contributed by atoms with Crippen molar-refractivity contribution in [2.45, 2.75) is 27.2 Å². The normalized spacial score (nSPS) is 14.4. The Kier molecular flexibility index (Phi) is 5.03. The van der Waals surface area contributed by atoms with Crippen molar-refractivity contribution in [1.82, 2.24) is 0 Å². The Hall–Kier alpha value is -1.22. The summed E-state index contributed by atoms with van der Waals surface area (Å²) in [5.74, 6) is 0.512. The first-order valence-corrected chi connectivity index (χ1v) is 6.25. The minimum Gasteiger partial charge on any atom is -0.384 e. The van der Waals surface area contributed by atoms with E-state index in [2.05, 4.69) is 30.5 Å². The lowest BCUT2D eigenvalue weighted by molar-refractivity contribution is -0.120. The molecule has 0 aliphatic carbocycles. The van der Waals surface area contributed by atoms with E-state index in [1.165, 1.54) is 11.3 Å². The zero-order chi connectivity index (χ0) is 12.4. The van der Waals surface area contributed by atoms with Gasteiger partial charge in [0.05, 0.1) is 0 Å². The average molecular weight is 269 g/mol. The lowest BCUT2D eigenvalue weighted by Crippen LogP contribution is -2.24. The summed E-state index contributed by atoms with van der Waals surface area (Å²) in [6.45, 7) is 7.10. The van der Waals surface area contributed by atoms with Gasteiger partial charge >= 0.3 is 0 Å². The van der Waals surface area contributed by atoms with Crippen LogP contribution in [-0.2, 0) is 11.2 Å². The Labute approximate surface area is 115 Å². The van der Waals surface area contributed by atoms with Crippen molar-refractivity contribution < 1.29 is 4.79 Å². The molecule has 0 saturated carbocycles. The summed E-state index contributed by atoms with van der Waals surface area (Å²) in [5, 5.41) is 6.29. The molecular weight excluding hydrogens is 248 g/mol. The van der Waals surface area contributed by atoms with Gasteiger partial charge in [-0.15, -0.1) is 12.4 Å². The van der Waals surface area contributed by atoms with Crippen LogP contribution >= 0.6 is 12.4 Å². The molecule has 0 bridgehead atoms. The number of carbonyl (C=O) groups excluding carboxylic acids is 1. The van der Waals surface area contributed by atoms with Crippen LogP contribution in [-0.4, -0.2) is 12.5 Å². The Morgan fingerprint density at radius 3 is 2.72 bits per heavy atom. The molecule has 1 aliphatic heterocycles. The average Bonchev–Trinajstić information content (AvgIpc) is 2.74. The maximum Gasteiger partial charge on any atom is 0.227 e. The maximum atomic E-state index is 11.9. The number of amides is 1. The molecule has 4 heteroatoms. The molecule has 1 aromatic rings. The number of rotatable bonds is 3. The van der Waals surface area contributed by atoms with Crippen LogP contribution in [0.3, 0.4) is 0 Å². The van der Waals surface area contributed by atoms with Crippen molar-refractivity contribution in [2.24, 2.45) is 11.8 Å². The van der Waals surface area contributed by atoms with Gasteiger partial charge in [0.15, 0.2) is 0 Å². The van der Waals surface area contributed by atoms with Gasteiger partial charge in [-0.25, -0.2) is 0 Å². The second-order valence-corrected chi connectivity index (χ2v) is 5.07. The molecule has 1 aromatic carbocycles. The van der Waals surface area contributed by atoms with E-state index in [0.29, 0.717) is 5.92 Å². The van der Waals surface area contributed by atoms with E-state index in [1.54, 1.807) is 0 Å². The number of hydrogen-bond donors (Lipinski definition) is 2. The second kappa shape index (κ2) is 6.10. The molecule has 0 aromatic heterocycles. The van der Waals surface area contributed by atoms with Crippen molar-refractivity contribution in [2.75, 3.05) is 17.2 Å². The molecule has 1 unspecified atom stereocenters. The van der Waals surface area contributed by atoms with E-state index in [1.807, 2.05) is 19.1 Å². The summed E-state index contributed by atoms with van der Waals surface area (Å²) >= 11 is 0. The van der Waals surface area contributed by atoms with Gasteiger partial charge in [0.25, 0.3) is 0 Å². The minimum atomic E-state index is 0. The molecule has 2 rings (SSSR count). The van der Waals surface area contributed by atoms with E-state index in [-0.39, 0.29) is 24.2 Å². The van der Waals surface area contributed by atoms with Gasteiger partial charge in [-0.1, -0.05) is 20.8 Å². The summed E-state index contributed by atoms with van der Waals surface area (Å²) in [7, 11) is 0. The number of anilines is 2. The molecule has 18 heavy (non-hydrogen) atoms. The Bertz CT molecular complexity index is 432. The molecule has 0 saturated heterocycles. The lowest BCUT2D eigenvalue weighted by Gasteiger charge is -2.15. The minimum absolute atomic E-state index is 0. The number of halogens is 1. The van der Waals surface area contributed by atoms with Crippen LogP contribution in [0.2, 0.25) is 0 Å². The predicted molar refractivity (Wildman–Crippen MR) is 78.5 cm³/mol. The number of hydrogen-bond acceptors (Lipinski definition) is 2. The summed E-state index contributed by atoms with van der Waals surface area (Å²) in [6, 6.07) is 6.07. The molecule has 3 nitrogen and oxygen atoms in total.